The topological polar surface area (TPSA) is 70.2 Å². The Hall–Kier alpha value is -3.15. The Morgan fingerprint density at radius 3 is 1.86 bits per heavy atom. The highest BCUT2D eigenvalue weighted by Gasteiger charge is 2.16. The molecule has 3 N–H and O–H groups in total. The van der Waals surface area contributed by atoms with Crippen molar-refractivity contribution in [2.75, 3.05) is 0 Å². The second-order valence-electron chi connectivity index (χ2n) is 7.16. The molecule has 29 heavy (non-hydrogen) atoms. The van der Waals surface area contributed by atoms with Gasteiger partial charge in [0.15, 0.2) is 0 Å². The van der Waals surface area contributed by atoms with Gasteiger partial charge in [0.25, 0.3) is 0 Å². The molecule has 1 atom stereocenters. The lowest BCUT2D eigenvalue weighted by Crippen LogP contribution is -2.34. The van der Waals surface area contributed by atoms with Crippen LogP contribution >= 0.6 is 0 Å². The van der Waals surface area contributed by atoms with Gasteiger partial charge in [-0.25, -0.2) is 9.18 Å². The molecule has 0 aromatic heterocycles. The molecule has 5 nitrogen and oxygen atoms in total. The number of carbonyl (C=O) groups is 2. The van der Waals surface area contributed by atoms with Crippen LogP contribution in [0.4, 0.5) is 9.18 Å². The van der Waals surface area contributed by atoms with Gasteiger partial charge in [0.1, 0.15) is 5.82 Å². The minimum absolute atomic E-state index is 0.0133. The minimum Gasteiger partial charge on any atom is -0.352 e. The maximum atomic E-state index is 12.9. The van der Waals surface area contributed by atoms with Crippen LogP contribution in [0, 0.1) is 11.7 Å². The van der Waals surface area contributed by atoms with Gasteiger partial charge in [-0.1, -0.05) is 48.6 Å². The van der Waals surface area contributed by atoms with E-state index < -0.39 is 0 Å². The van der Waals surface area contributed by atoms with Gasteiger partial charge >= 0.3 is 6.03 Å². The zero-order valence-corrected chi connectivity index (χ0v) is 16.3. The average molecular weight is 395 g/mol. The first-order valence-electron chi connectivity index (χ1n) is 9.88. The lowest BCUT2D eigenvalue weighted by molar-refractivity contribution is -0.124. The van der Waals surface area contributed by atoms with E-state index >= 15 is 0 Å². The summed E-state index contributed by atoms with van der Waals surface area (Å²) in [5, 5.41) is 8.51. The summed E-state index contributed by atoms with van der Waals surface area (Å²) in [6.07, 6.45) is 7.10. The van der Waals surface area contributed by atoms with Gasteiger partial charge < -0.3 is 16.0 Å². The number of halogens is 1. The van der Waals surface area contributed by atoms with Crippen molar-refractivity contribution in [2.24, 2.45) is 5.92 Å². The van der Waals surface area contributed by atoms with Crippen LogP contribution in [0.3, 0.4) is 0 Å². The van der Waals surface area contributed by atoms with E-state index in [1.54, 1.807) is 12.1 Å². The van der Waals surface area contributed by atoms with Crippen molar-refractivity contribution in [3.8, 4) is 0 Å². The number of hydrogen-bond donors (Lipinski definition) is 3. The first kappa shape index (κ1) is 20.6. The number of nitrogens with one attached hydrogen (secondary N) is 3. The molecule has 3 amide bonds. The number of benzene rings is 2. The molecule has 3 rings (SSSR count). The van der Waals surface area contributed by atoms with E-state index in [2.05, 4.69) is 22.0 Å². The maximum absolute atomic E-state index is 12.9. The third-order valence-corrected chi connectivity index (χ3v) is 4.90. The smallest absolute Gasteiger partial charge is 0.315 e. The van der Waals surface area contributed by atoms with Gasteiger partial charge in [-0.05, 0) is 48.1 Å². The van der Waals surface area contributed by atoms with Crippen LogP contribution < -0.4 is 16.0 Å². The van der Waals surface area contributed by atoms with E-state index in [0.29, 0.717) is 19.6 Å². The van der Waals surface area contributed by atoms with Crippen LogP contribution in [0.2, 0.25) is 0 Å². The molecule has 2 aromatic rings. The monoisotopic (exact) mass is 395 g/mol. The number of allylic oxidation sites excluding steroid dienone is 1. The minimum atomic E-state index is -0.299. The van der Waals surface area contributed by atoms with Gasteiger partial charge in [0.2, 0.25) is 5.91 Å². The Morgan fingerprint density at radius 1 is 0.828 bits per heavy atom. The van der Waals surface area contributed by atoms with Crippen LogP contribution in [-0.4, -0.2) is 11.9 Å². The quantitative estimate of drug-likeness (QED) is 0.624. The second kappa shape index (κ2) is 10.4. The fourth-order valence-electron chi connectivity index (χ4n) is 3.16. The van der Waals surface area contributed by atoms with E-state index in [4.69, 9.17) is 0 Å². The van der Waals surface area contributed by atoms with Crippen molar-refractivity contribution < 1.29 is 14.0 Å². The highest BCUT2D eigenvalue weighted by Crippen LogP contribution is 2.17. The van der Waals surface area contributed by atoms with Crippen LogP contribution in [0.5, 0.6) is 0 Å². The van der Waals surface area contributed by atoms with Gasteiger partial charge in [-0.2, -0.15) is 0 Å². The standard InChI is InChI=1S/C23H26FN3O2/c24-21-12-10-19(11-13-21)16-27-23(29)26-15-18-8-6-17(7-9-18)14-25-22(28)20-4-2-1-3-5-20/h2,4,6-13,20H,1,3,5,14-16H2,(H,25,28)(H2,26,27,29)/t20-/m0/s1. The van der Waals surface area contributed by atoms with Crippen molar-refractivity contribution in [2.45, 2.75) is 38.9 Å². The summed E-state index contributed by atoms with van der Waals surface area (Å²) in [5.74, 6) is -0.239. The molecule has 0 bridgehead atoms. The molecule has 1 aliphatic rings. The SMILES string of the molecule is O=C(NCc1ccc(F)cc1)NCc1ccc(CNC(=O)[C@H]2C=CCCC2)cc1. The van der Waals surface area contributed by atoms with E-state index in [9.17, 15) is 14.0 Å². The summed E-state index contributed by atoms with van der Waals surface area (Å²) in [7, 11) is 0. The summed E-state index contributed by atoms with van der Waals surface area (Å²) >= 11 is 0. The summed E-state index contributed by atoms with van der Waals surface area (Å²) in [6, 6.07) is 13.5. The molecule has 0 unspecified atom stereocenters. The zero-order chi connectivity index (χ0) is 20.5. The van der Waals surface area contributed by atoms with Crippen molar-refractivity contribution in [1.29, 1.82) is 0 Å². The molecule has 6 heteroatoms. The first-order valence-corrected chi connectivity index (χ1v) is 9.88. The van der Waals surface area contributed by atoms with Crippen molar-refractivity contribution in [3.05, 3.63) is 83.2 Å². The Morgan fingerprint density at radius 2 is 1.34 bits per heavy atom. The molecule has 0 heterocycles. The van der Waals surface area contributed by atoms with Crippen molar-refractivity contribution in [3.63, 3.8) is 0 Å². The highest BCUT2D eigenvalue weighted by atomic mass is 19.1. The molecule has 2 aromatic carbocycles. The third-order valence-electron chi connectivity index (χ3n) is 4.90. The molecule has 0 aliphatic heterocycles. The van der Waals surface area contributed by atoms with Crippen LogP contribution in [0.15, 0.2) is 60.7 Å². The fourth-order valence-corrected chi connectivity index (χ4v) is 3.16. The van der Waals surface area contributed by atoms with E-state index in [1.165, 1.54) is 12.1 Å². The summed E-state index contributed by atoms with van der Waals surface area (Å²) < 4.78 is 12.9. The first-order chi connectivity index (χ1) is 14.1. The predicted molar refractivity (Wildman–Crippen MR) is 110 cm³/mol. The fraction of sp³-hybridized carbons (Fsp3) is 0.304. The maximum Gasteiger partial charge on any atom is 0.315 e. The Bertz CT molecular complexity index is 847. The normalized spacial score (nSPS) is 15.6. The van der Waals surface area contributed by atoms with Gasteiger partial charge in [-0.15, -0.1) is 0 Å². The molecule has 0 radical (unpaired) electrons. The van der Waals surface area contributed by atoms with Crippen molar-refractivity contribution in [1.82, 2.24) is 16.0 Å². The molecule has 0 spiro atoms. The molecule has 1 aliphatic carbocycles. The molecular formula is C23H26FN3O2. The van der Waals surface area contributed by atoms with Crippen LogP contribution in [-0.2, 0) is 24.4 Å². The Kier molecular flexibility index (Phi) is 7.39. The number of hydrogen-bond acceptors (Lipinski definition) is 2. The summed E-state index contributed by atoms with van der Waals surface area (Å²) in [6.45, 7) is 1.23. The Labute approximate surface area is 170 Å². The molecular weight excluding hydrogens is 369 g/mol. The summed E-state index contributed by atoms with van der Waals surface area (Å²) in [4.78, 5) is 24.1. The number of urea groups is 1. The van der Waals surface area contributed by atoms with Gasteiger partial charge in [-0.3, -0.25) is 4.79 Å². The third kappa shape index (κ3) is 6.75. The average Bonchev–Trinajstić information content (AvgIpc) is 2.77. The molecule has 0 saturated carbocycles. The molecule has 0 saturated heterocycles. The van der Waals surface area contributed by atoms with E-state index in [-0.39, 0.29) is 23.7 Å². The van der Waals surface area contributed by atoms with Gasteiger partial charge in [0.05, 0.1) is 5.92 Å². The number of carbonyl (C=O) groups excluding carboxylic acids is 2. The van der Waals surface area contributed by atoms with Gasteiger partial charge in [0, 0.05) is 19.6 Å². The zero-order valence-electron chi connectivity index (χ0n) is 16.3. The van der Waals surface area contributed by atoms with Crippen molar-refractivity contribution >= 4 is 11.9 Å². The largest absolute Gasteiger partial charge is 0.352 e. The summed E-state index contributed by atoms with van der Waals surface area (Å²) in [5.41, 5.74) is 2.81. The Balaban J connectivity index is 1.37. The van der Waals surface area contributed by atoms with Crippen LogP contribution in [0.25, 0.3) is 0 Å². The second-order valence-corrected chi connectivity index (χ2v) is 7.16. The predicted octanol–water partition coefficient (Wildman–Crippen LogP) is 3.80. The van der Waals surface area contributed by atoms with Crippen LogP contribution in [0.1, 0.15) is 36.0 Å². The van der Waals surface area contributed by atoms with E-state index in [0.717, 1.165) is 36.0 Å². The number of amides is 3. The number of rotatable bonds is 7. The van der Waals surface area contributed by atoms with E-state index in [1.807, 2.05) is 30.3 Å². The molecule has 0 fully saturated rings. The lowest BCUT2D eigenvalue weighted by atomic mass is 9.95. The molecule has 152 valence electrons. The highest BCUT2D eigenvalue weighted by molar-refractivity contribution is 5.80. The lowest BCUT2D eigenvalue weighted by Gasteiger charge is -2.16.